The van der Waals surface area contributed by atoms with E-state index in [0.29, 0.717) is 5.69 Å². The Balaban J connectivity index is 2.13. The summed E-state index contributed by atoms with van der Waals surface area (Å²) in [4.78, 5) is 4.13. The van der Waals surface area contributed by atoms with Crippen molar-refractivity contribution < 1.29 is 8.42 Å². The molecule has 6 heteroatoms. The van der Waals surface area contributed by atoms with Gasteiger partial charge in [0.1, 0.15) is 4.90 Å². The van der Waals surface area contributed by atoms with Crippen molar-refractivity contribution in [1.82, 2.24) is 9.71 Å². The van der Waals surface area contributed by atoms with Gasteiger partial charge in [0.15, 0.2) is 0 Å². The van der Waals surface area contributed by atoms with Gasteiger partial charge in [-0.15, -0.1) is 0 Å². The van der Waals surface area contributed by atoms with Crippen LogP contribution in [0.1, 0.15) is 16.8 Å². The van der Waals surface area contributed by atoms with Crippen molar-refractivity contribution in [3.05, 3.63) is 59.4 Å². The molecule has 5 nitrogen and oxygen atoms in total. The number of benzene rings is 1. The van der Waals surface area contributed by atoms with E-state index in [1.54, 1.807) is 6.07 Å². The Kier molecular flexibility index (Phi) is 4.49. The summed E-state index contributed by atoms with van der Waals surface area (Å²) in [6.45, 7) is 2.49. The molecular formula is C14H17N3O2S. The molecule has 0 saturated heterocycles. The normalized spacial score (nSPS) is 11.5. The molecule has 2 rings (SSSR count). The van der Waals surface area contributed by atoms with Crippen molar-refractivity contribution in [3.63, 3.8) is 0 Å². The molecule has 0 unspecified atom stereocenters. The van der Waals surface area contributed by atoms with Crippen LogP contribution in [0.4, 0.5) is 0 Å². The molecule has 20 heavy (non-hydrogen) atoms. The Morgan fingerprint density at radius 3 is 2.55 bits per heavy atom. The largest absolute Gasteiger partial charge is 0.325 e. The van der Waals surface area contributed by atoms with Crippen molar-refractivity contribution in [2.24, 2.45) is 5.73 Å². The molecule has 0 aliphatic heterocycles. The molecule has 0 aliphatic carbocycles. The van der Waals surface area contributed by atoms with Crippen LogP contribution < -0.4 is 10.5 Å². The predicted octanol–water partition coefficient (Wildman–Crippen LogP) is 1.33. The topological polar surface area (TPSA) is 85.1 Å². The average Bonchev–Trinajstić information content (AvgIpc) is 2.46. The van der Waals surface area contributed by atoms with E-state index in [-0.39, 0.29) is 18.0 Å². The molecule has 0 amide bonds. The van der Waals surface area contributed by atoms with Crippen molar-refractivity contribution in [3.8, 4) is 0 Å². The van der Waals surface area contributed by atoms with Gasteiger partial charge in [0.25, 0.3) is 0 Å². The van der Waals surface area contributed by atoms with Crippen LogP contribution in [-0.4, -0.2) is 13.4 Å². The maximum atomic E-state index is 12.1. The van der Waals surface area contributed by atoms with Crippen molar-refractivity contribution in [2.75, 3.05) is 0 Å². The third-order valence-corrected chi connectivity index (χ3v) is 4.42. The van der Waals surface area contributed by atoms with Crippen LogP contribution in [0.2, 0.25) is 0 Å². The maximum absolute atomic E-state index is 12.1. The Labute approximate surface area is 118 Å². The van der Waals surface area contributed by atoms with Gasteiger partial charge in [0, 0.05) is 19.3 Å². The number of rotatable bonds is 5. The van der Waals surface area contributed by atoms with Gasteiger partial charge >= 0.3 is 0 Å². The molecule has 0 bridgehead atoms. The SMILES string of the molecule is Cc1ccccc1CNS(=O)(=O)c1ccc(CN)nc1. The number of nitrogens with two attached hydrogens (primary N) is 1. The van der Waals surface area contributed by atoms with Gasteiger partial charge in [0.2, 0.25) is 10.0 Å². The molecule has 106 valence electrons. The standard InChI is InChI=1S/C14H17N3O2S/c1-11-4-2-3-5-12(11)9-17-20(18,19)14-7-6-13(8-15)16-10-14/h2-7,10,17H,8-9,15H2,1H3. The van der Waals surface area contributed by atoms with Gasteiger partial charge < -0.3 is 5.73 Å². The number of hydrogen-bond acceptors (Lipinski definition) is 4. The van der Waals surface area contributed by atoms with Gasteiger partial charge in [-0.05, 0) is 30.2 Å². The molecule has 0 atom stereocenters. The summed E-state index contributed by atoms with van der Waals surface area (Å²) in [5.74, 6) is 0. The minimum Gasteiger partial charge on any atom is -0.325 e. The molecule has 1 aromatic carbocycles. The van der Waals surface area contributed by atoms with Crippen molar-refractivity contribution in [1.29, 1.82) is 0 Å². The number of nitrogens with one attached hydrogen (secondary N) is 1. The van der Waals surface area contributed by atoms with Crippen LogP contribution in [0.25, 0.3) is 0 Å². The first kappa shape index (κ1) is 14.6. The van der Waals surface area contributed by atoms with Crippen LogP contribution in [0.5, 0.6) is 0 Å². The van der Waals surface area contributed by atoms with E-state index in [2.05, 4.69) is 9.71 Å². The lowest BCUT2D eigenvalue weighted by molar-refractivity contribution is 0.580. The number of aryl methyl sites for hydroxylation is 1. The highest BCUT2D eigenvalue weighted by molar-refractivity contribution is 7.89. The van der Waals surface area contributed by atoms with E-state index in [0.717, 1.165) is 11.1 Å². The van der Waals surface area contributed by atoms with Gasteiger partial charge in [-0.3, -0.25) is 4.98 Å². The minimum absolute atomic E-state index is 0.142. The third kappa shape index (κ3) is 3.41. The number of pyridine rings is 1. The van der Waals surface area contributed by atoms with E-state index in [1.807, 2.05) is 31.2 Å². The first-order chi connectivity index (χ1) is 9.53. The molecule has 3 N–H and O–H groups in total. The summed E-state index contributed by atoms with van der Waals surface area (Å²) >= 11 is 0. The van der Waals surface area contributed by atoms with E-state index < -0.39 is 10.0 Å². The molecule has 0 aliphatic rings. The number of nitrogens with zero attached hydrogens (tertiary/aromatic N) is 1. The summed E-state index contributed by atoms with van der Waals surface area (Å²) in [5.41, 5.74) is 8.08. The van der Waals surface area contributed by atoms with E-state index >= 15 is 0 Å². The number of aromatic nitrogens is 1. The molecule has 0 fully saturated rings. The van der Waals surface area contributed by atoms with E-state index in [1.165, 1.54) is 12.3 Å². The lowest BCUT2D eigenvalue weighted by Crippen LogP contribution is -2.23. The second-order valence-electron chi connectivity index (χ2n) is 4.44. The monoisotopic (exact) mass is 291 g/mol. The van der Waals surface area contributed by atoms with Crippen LogP contribution in [0, 0.1) is 6.92 Å². The fourth-order valence-corrected chi connectivity index (χ4v) is 2.71. The Morgan fingerprint density at radius 2 is 1.95 bits per heavy atom. The smallest absolute Gasteiger partial charge is 0.242 e. The highest BCUT2D eigenvalue weighted by atomic mass is 32.2. The summed E-state index contributed by atoms with van der Waals surface area (Å²) < 4.78 is 26.8. The molecule has 0 spiro atoms. The highest BCUT2D eigenvalue weighted by Gasteiger charge is 2.14. The molecule has 1 aromatic heterocycles. The molecule has 1 heterocycles. The fourth-order valence-electron chi connectivity index (χ4n) is 1.76. The van der Waals surface area contributed by atoms with Gasteiger partial charge in [0.05, 0.1) is 5.69 Å². The zero-order valence-electron chi connectivity index (χ0n) is 11.2. The van der Waals surface area contributed by atoms with Crippen LogP contribution in [0.15, 0.2) is 47.5 Å². The second kappa shape index (κ2) is 6.13. The van der Waals surface area contributed by atoms with Gasteiger partial charge in [-0.25, -0.2) is 13.1 Å². The Morgan fingerprint density at radius 1 is 1.20 bits per heavy atom. The highest BCUT2D eigenvalue weighted by Crippen LogP contribution is 2.11. The Bertz CT molecular complexity index is 682. The van der Waals surface area contributed by atoms with Crippen LogP contribution in [-0.2, 0) is 23.1 Å². The minimum atomic E-state index is -3.55. The quantitative estimate of drug-likeness (QED) is 0.870. The fraction of sp³-hybridized carbons (Fsp3) is 0.214. The molecule has 0 radical (unpaired) electrons. The summed E-state index contributed by atoms with van der Waals surface area (Å²) in [6.07, 6.45) is 1.32. The lowest BCUT2D eigenvalue weighted by Gasteiger charge is -2.09. The number of sulfonamides is 1. The molecule has 2 aromatic rings. The van der Waals surface area contributed by atoms with Crippen LogP contribution >= 0.6 is 0 Å². The van der Waals surface area contributed by atoms with Crippen molar-refractivity contribution >= 4 is 10.0 Å². The van der Waals surface area contributed by atoms with E-state index in [9.17, 15) is 8.42 Å². The number of hydrogen-bond donors (Lipinski definition) is 2. The second-order valence-corrected chi connectivity index (χ2v) is 6.21. The summed E-state index contributed by atoms with van der Waals surface area (Å²) in [7, 11) is -3.55. The summed E-state index contributed by atoms with van der Waals surface area (Å²) in [5, 5.41) is 0. The molecule has 0 saturated carbocycles. The first-order valence-electron chi connectivity index (χ1n) is 6.22. The van der Waals surface area contributed by atoms with Gasteiger partial charge in [-0.2, -0.15) is 0 Å². The maximum Gasteiger partial charge on any atom is 0.242 e. The summed E-state index contributed by atoms with van der Waals surface area (Å²) in [6, 6.07) is 10.8. The third-order valence-electron chi connectivity index (χ3n) is 3.03. The van der Waals surface area contributed by atoms with Crippen molar-refractivity contribution in [2.45, 2.75) is 24.9 Å². The predicted molar refractivity (Wildman–Crippen MR) is 77.3 cm³/mol. The zero-order chi connectivity index (χ0) is 14.6. The Hall–Kier alpha value is -1.76. The molecular weight excluding hydrogens is 274 g/mol. The lowest BCUT2D eigenvalue weighted by atomic mass is 10.1. The average molecular weight is 291 g/mol. The van der Waals surface area contributed by atoms with Crippen LogP contribution in [0.3, 0.4) is 0 Å². The zero-order valence-corrected chi connectivity index (χ0v) is 12.0. The van der Waals surface area contributed by atoms with Gasteiger partial charge in [-0.1, -0.05) is 24.3 Å². The first-order valence-corrected chi connectivity index (χ1v) is 7.70. The van der Waals surface area contributed by atoms with E-state index in [4.69, 9.17) is 5.73 Å².